The Morgan fingerprint density at radius 2 is 1.54 bits per heavy atom. The quantitative estimate of drug-likeness (QED) is 0.697. The summed E-state index contributed by atoms with van der Waals surface area (Å²) in [5.74, 6) is 0.744. The topological polar surface area (TPSA) is 35.0 Å². The number of para-hydroxylation sites is 1. The molecule has 0 unspecified atom stereocenters. The van der Waals surface area contributed by atoms with E-state index in [1.54, 1.807) is 18.5 Å². The van der Waals surface area contributed by atoms with Crippen molar-refractivity contribution in [2.45, 2.75) is 0 Å². The lowest BCUT2D eigenvalue weighted by molar-refractivity contribution is 0.442. The first-order chi connectivity index (χ1) is 6.45. The van der Waals surface area contributed by atoms with Crippen LogP contribution < -0.4 is 4.74 Å². The predicted octanol–water partition coefficient (Wildman–Crippen LogP) is 2.27. The number of hydrogen-bond donors (Lipinski definition) is 0. The molecule has 3 heteroatoms. The van der Waals surface area contributed by atoms with E-state index in [2.05, 4.69) is 9.97 Å². The van der Waals surface area contributed by atoms with E-state index in [4.69, 9.17) is 4.74 Å². The van der Waals surface area contributed by atoms with Crippen LogP contribution in [-0.4, -0.2) is 9.97 Å². The first-order valence-corrected chi connectivity index (χ1v) is 3.95. The summed E-state index contributed by atoms with van der Waals surface area (Å²) in [6.07, 6.45) is 3.29. The first kappa shape index (κ1) is 7.73. The smallest absolute Gasteiger partial charge is 0.321 e. The molecule has 2 aromatic rings. The first-order valence-electron chi connectivity index (χ1n) is 3.95. The molecular weight excluding hydrogens is 164 g/mol. The molecular formula is C10H8N2O. The van der Waals surface area contributed by atoms with Crippen LogP contribution in [-0.2, 0) is 0 Å². The normalized spacial score (nSPS) is 9.54. The maximum atomic E-state index is 5.36. The fraction of sp³-hybridized carbons (Fsp3) is 0. The zero-order chi connectivity index (χ0) is 8.93. The van der Waals surface area contributed by atoms with E-state index >= 15 is 0 Å². The van der Waals surface area contributed by atoms with E-state index in [9.17, 15) is 0 Å². The molecule has 64 valence electrons. The highest BCUT2D eigenvalue weighted by Gasteiger charge is 1.95. The van der Waals surface area contributed by atoms with Gasteiger partial charge in [0, 0.05) is 12.4 Å². The van der Waals surface area contributed by atoms with E-state index in [1.807, 2.05) is 30.3 Å². The molecule has 0 saturated heterocycles. The van der Waals surface area contributed by atoms with Crippen LogP contribution in [0.5, 0.6) is 11.8 Å². The van der Waals surface area contributed by atoms with Crippen molar-refractivity contribution >= 4 is 0 Å². The number of aromatic nitrogens is 2. The molecule has 2 rings (SSSR count). The van der Waals surface area contributed by atoms with E-state index in [1.165, 1.54) is 0 Å². The molecule has 0 aliphatic carbocycles. The Morgan fingerprint density at radius 3 is 2.23 bits per heavy atom. The van der Waals surface area contributed by atoms with Crippen molar-refractivity contribution in [3.63, 3.8) is 0 Å². The SMILES string of the molecule is c1ccc(Oc2ncccn2)cc1. The van der Waals surface area contributed by atoms with Crippen LogP contribution in [0.4, 0.5) is 0 Å². The summed E-state index contributed by atoms with van der Waals surface area (Å²) >= 11 is 0. The van der Waals surface area contributed by atoms with Gasteiger partial charge in [0.05, 0.1) is 0 Å². The van der Waals surface area contributed by atoms with Crippen molar-refractivity contribution in [2.24, 2.45) is 0 Å². The summed E-state index contributed by atoms with van der Waals surface area (Å²) in [4.78, 5) is 7.88. The Morgan fingerprint density at radius 1 is 0.846 bits per heavy atom. The minimum absolute atomic E-state index is 0.369. The van der Waals surface area contributed by atoms with Crippen molar-refractivity contribution in [1.29, 1.82) is 0 Å². The average Bonchev–Trinajstić information content (AvgIpc) is 2.21. The molecule has 1 heterocycles. The van der Waals surface area contributed by atoms with Gasteiger partial charge in [0.15, 0.2) is 0 Å². The number of benzene rings is 1. The van der Waals surface area contributed by atoms with Gasteiger partial charge in [-0.1, -0.05) is 18.2 Å². The summed E-state index contributed by atoms with van der Waals surface area (Å²) in [7, 11) is 0. The lowest BCUT2D eigenvalue weighted by Crippen LogP contribution is -1.89. The number of rotatable bonds is 2. The van der Waals surface area contributed by atoms with Crippen LogP contribution in [0, 0.1) is 0 Å². The molecule has 13 heavy (non-hydrogen) atoms. The monoisotopic (exact) mass is 172 g/mol. The zero-order valence-corrected chi connectivity index (χ0v) is 6.92. The Balaban J connectivity index is 2.16. The van der Waals surface area contributed by atoms with Crippen molar-refractivity contribution in [3.8, 4) is 11.8 Å². The van der Waals surface area contributed by atoms with E-state index in [0.29, 0.717) is 6.01 Å². The predicted molar refractivity (Wildman–Crippen MR) is 48.5 cm³/mol. The lowest BCUT2D eigenvalue weighted by Gasteiger charge is -2.00. The van der Waals surface area contributed by atoms with Gasteiger partial charge < -0.3 is 4.74 Å². The van der Waals surface area contributed by atoms with E-state index in [-0.39, 0.29) is 0 Å². The van der Waals surface area contributed by atoms with Crippen LogP contribution >= 0.6 is 0 Å². The van der Waals surface area contributed by atoms with Gasteiger partial charge in [-0.25, -0.2) is 9.97 Å². The zero-order valence-electron chi connectivity index (χ0n) is 6.92. The minimum atomic E-state index is 0.369. The third-order valence-corrected chi connectivity index (χ3v) is 1.49. The molecule has 0 N–H and O–H groups in total. The number of hydrogen-bond acceptors (Lipinski definition) is 3. The van der Waals surface area contributed by atoms with Gasteiger partial charge in [0.2, 0.25) is 0 Å². The highest BCUT2D eigenvalue weighted by molar-refractivity contribution is 5.23. The summed E-state index contributed by atoms with van der Waals surface area (Å²) in [5.41, 5.74) is 0. The van der Waals surface area contributed by atoms with Gasteiger partial charge in [0.1, 0.15) is 5.75 Å². The second-order valence-electron chi connectivity index (χ2n) is 2.45. The Hall–Kier alpha value is -1.90. The Kier molecular flexibility index (Phi) is 2.18. The summed E-state index contributed by atoms with van der Waals surface area (Å²) < 4.78 is 5.36. The highest BCUT2D eigenvalue weighted by atomic mass is 16.5. The van der Waals surface area contributed by atoms with E-state index in [0.717, 1.165) is 5.75 Å². The molecule has 0 bridgehead atoms. The molecule has 0 spiro atoms. The fourth-order valence-electron chi connectivity index (χ4n) is 0.932. The van der Waals surface area contributed by atoms with Crippen molar-refractivity contribution in [3.05, 3.63) is 48.8 Å². The van der Waals surface area contributed by atoms with Crippen LogP contribution in [0.2, 0.25) is 0 Å². The van der Waals surface area contributed by atoms with Gasteiger partial charge in [0.25, 0.3) is 0 Å². The Bertz CT molecular complexity index is 324. The van der Waals surface area contributed by atoms with E-state index < -0.39 is 0 Å². The summed E-state index contributed by atoms with van der Waals surface area (Å²) in [6.45, 7) is 0. The maximum Gasteiger partial charge on any atom is 0.321 e. The average molecular weight is 172 g/mol. The Labute approximate surface area is 76.0 Å². The molecule has 3 nitrogen and oxygen atoms in total. The van der Waals surface area contributed by atoms with Crippen molar-refractivity contribution in [1.82, 2.24) is 9.97 Å². The minimum Gasteiger partial charge on any atom is -0.424 e. The molecule has 0 aliphatic rings. The number of ether oxygens (including phenoxy) is 1. The molecule has 0 fully saturated rings. The van der Waals surface area contributed by atoms with Gasteiger partial charge >= 0.3 is 6.01 Å². The molecule has 0 aliphatic heterocycles. The summed E-state index contributed by atoms with van der Waals surface area (Å²) in [5, 5.41) is 0. The van der Waals surface area contributed by atoms with Crippen LogP contribution in [0.1, 0.15) is 0 Å². The summed E-state index contributed by atoms with van der Waals surface area (Å²) in [6, 6.07) is 11.6. The van der Waals surface area contributed by atoms with Gasteiger partial charge in [-0.3, -0.25) is 0 Å². The van der Waals surface area contributed by atoms with Crippen LogP contribution in [0.15, 0.2) is 48.8 Å². The van der Waals surface area contributed by atoms with Crippen LogP contribution in [0.25, 0.3) is 0 Å². The van der Waals surface area contributed by atoms with Crippen molar-refractivity contribution < 1.29 is 4.74 Å². The molecule has 0 radical (unpaired) electrons. The largest absolute Gasteiger partial charge is 0.424 e. The maximum absolute atomic E-state index is 5.36. The third kappa shape index (κ3) is 2.02. The molecule has 1 aromatic carbocycles. The molecule has 0 atom stereocenters. The molecule has 1 aromatic heterocycles. The van der Waals surface area contributed by atoms with Crippen molar-refractivity contribution in [2.75, 3.05) is 0 Å². The number of nitrogens with zero attached hydrogens (tertiary/aromatic N) is 2. The highest BCUT2D eigenvalue weighted by Crippen LogP contribution is 2.14. The van der Waals surface area contributed by atoms with Gasteiger partial charge in [-0.2, -0.15) is 0 Å². The second kappa shape index (κ2) is 3.67. The third-order valence-electron chi connectivity index (χ3n) is 1.49. The second-order valence-corrected chi connectivity index (χ2v) is 2.45. The standard InChI is InChI=1S/C10H8N2O/c1-2-5-9(6-3-1)13-10-11-7-4-8-12-10/h1-8H. The fourth-order valence-corrected chi connectivity index (χ4v) is 0.932. The molecule has 0 amide bonds. The van der Waals surface area contributed by atoms with Crippen LogP contribution in [0.3, 0.4) is 0 Å². The van der Waals surface area contributed by atoms with Gasteiger partial charge in [-0.15, -0.1) is 0 Å². The molecule has 0 saturated carbocycles. The lowest BCUT2D eigenvalue weighted by atomic mass is 10.3. The van der Waals surface area contributed by atoms with Gasteiger partial charge in [-0.05, 0) is 18.2 Å².